The number of carbonyl (C=O) groups is 11. The molecule has 0 radical (unpaired) electrons. The topological polar surface area (TPSA) is 259 Å². The number of alkyl halides is 7. The summed E-state index contributed by atoms with van der Waals surface area (Å²) in [6.07, 6.45) is -5.98. The van der Waals surface area contributed by atoms with Crippen LogP contribution in [0, 0.1) is 41.4 Å². The minimum atomic E-state index is -4.55. The van der Waals surface area contributed by atoms with E-state index in [1.807, 2.05) is 20.8 Å². The average Bonchev–Trinajstić information content (AvgIpc) is 1.45. The van der Waals surface area contributed by atoms with E-state index in [2.05, 4.69) is 16.0 Å². The molecule has 0 aromatic carbocycles. The molecule has 0 bridgehead atoms. The lowest BCUT2D eigenvalue weighted by atomic mass is 9.78. The molecule has 3 saturated heterocycles. The van der Waals surface area contributed by atoms with Crippen LogP contribution in [0.2, 0.25) is 0 Å². The Morgan fingerprint density at radius 2 is 1.24 bits per heavy atom. The van der Waals surface area contributed by atoms with Gasteiger partial charge in [0.15, 0.2) is 0 Å². The van der Waals surface area contributed by atoms with Crippen LogP contribution in [-0.4, -0.2) is 256 Å². The highest BCUT2D eigenvalue weighted by molar-refractivity contribution is 6.20. The van der Waals surface area contributed by atoms with Gasteiger partial charge < -0.3 is 59.9 Å². The van der Waals surface area contributed by atoms with Crippen LogP contribution in [0.25, 0.3) is 0 Å². The van der Waals surface area contributed by atoms with E-state index in [4.69, 9.17) is 16.3 Å². The second kappa shape index (κ2) is 35.4. The van der Waals surface area contributed by atoms with Crippen LogP contribution in [0.3, 0.4) is 0 Å². The van der Waals surface area contributed by atoms with E-state index in [1.165, 1.54) is 71.6 Å². The SMILES string of the molecule is CCO[C@@H]1C[C@H]2C(=O)NC3(CCCC3)C(=O)N(C)[C@@H](C3CCCC3)C(=O)N(C)[C@H](C)CC(=O)N(C)[C@@H](CC(C)C)C(=O)N[C@@H]([C@@H](C)CC)C(=O)N(C)[C@@H](C)C(=O)N3CC[C@H]3C(=O)N(C)[C@@H](CC3CCC(C(F)(F)F)CC3)C(=O)N(C)CC(=O)N[C@@H](CCC3CCC(C(F)(F)F)C(Cl)C3)C(=O)N2C1. The monoisotopic (exact) mass is 1470 g/mol. The molecule has 14 atom stereocenters. The summed E-state index contributed by atoms with van der Waals surface area (Å²) in [5, 5.41) is 7.48. The Morgan fingerprint density at radius 3 is 1.79 bits per heavy atom. The second-order valence-corrected chi connectivity index (χ2v) is 31.7. The van der Waals surface area contributed by atoms with Crippen LogP contribution in [0.15, 0.2) is 0 Å². The maximum absolute atomic E-state index is 15.5. The van der Waals surface area contributed by atoms with Crippen molar-refractivity contribution in [3.63, 3.8) is 0 Å². The van der Waals surface area contributed by atoms with Gasteiger partial charge in [0.25, 0.3) is 0 Å². The minimum absolute atomic E-state index is 0.0476. The molecule has 4 aliphatic carbocycles. The van der Waals surface area contributed by atoms with Gasteiger partial charge in [-0.3, -0.25) is 52.7 Å². The molecule has 3 N–H and O–H groups in total. The molecule has 102 heavy (non-hydrogen) atoms. The largest absolute Gasteiger partial charge is 0.393 e. The van der Waals surface area contributed by atoms with Crippen molar-refractivity contribution >= 4 is 76.6 Å². The van der Waals surface area contributed by atoms with E-state index in [0.29, 0.717) is 32.1 Å². The highest BCUT2D eigenvalue weighted by atomic mass is 35.5. The fourth-order valence-corrected chi connectivity index (χ4v) is 17.3. The number of nitrogens with one attached hydrogen (secondary N) is 3. The summed E-state index contributed by atoms with van der Waals surface area (Å²) in [7, 11) is 8.59. The summed E-state index contributed by atoms with van der Waals surface area (Å²) in [6, 6.07) is -10.7. The second-order valence-electron chi connectivity index (χ2n) is 31.2. The first kappa shape index (κ1) is 83.3. The van der Waals surface area contributed by atoms with Crippen LogP contribution >= 0.6 is 11.6 Å². The van der Waals surface area contributed by atoms with Crippen molar-refractivity contribution in [2.75, 3.05) is 68.5 Å². The third-order valence-electron chi connectivity index (χ3n) is 23.8. The van der Waals surface area contributed by atoms with Crippen molar-refractivity contribution in [2.45, 2.75) is 280 Å². The third kappa shape index (κ3) is 19.7. The molecule has 23 nitrogen and oxygen atoms in total. The van der Waals surface area contributed by atoms with Crippen molar-refractivity contribution in [3.8, 4) is 0 Å². The number of carbonyl (C=O) groups excluding carboxylic acids is 11. The normalized spacial score (nSPS) is 32.8. The molecule has 578 valence electrons. The molecule has 30 heteroatoms. The van der Waals surface area contributed by atoms with E-state index in [1.54, 1.807) is 27.8 Å². The molecule has 3 aliphatic heterocycles. The standard InChI is InChI=1S/C72H114ClF6N11O12/c1-14-42(5)59-67(99)85(10)44(7)63(95)89-33-30-53(89)66(98)87(12)56(37-46-22-26-48(27-23-46)71(74,75)76)65(97)83(8)40-57(91)80-52(29-25-45-24-28-50(51(73)36-45)72(77,78)79)64(96)90-39-49(102-15-2)38-55(90)62(94)82-70(31-18-19-32-70)69(101)88(13)60(47-20-16-17-21-47)68(100)84(9)43(6)35-58(92)86(11)54(34-41(3)4)61(93)81-59/h41-56,59-60H,14-40H2,1-13H3,(H,80,91)(H,81,93)(H,82,94)/t42-,43+,44-,45?,46?,48?,49+,50?,51?,52-,53-,54-,55-,56-,59-,60-/m0/s1. The zero-order valence-electron chi connectivity index (χ0n) is 62.1. The highest BCUT2D eigenvalue weighted by Gasteiger charge is 2.54. The number of hydrogen-bond acceptors (Lipinski definition) is 12. The van der Waals surface area contributed by atoms with Crippen LogP contribution in [-0.2, 0) is 57.5 Å². The number of rotatable bonds is 12. The average molecular weight is 1480 g/mol. The quantitative estimate of drug-likeness (QED) is 0.127. The Morgan fingerprint density at radius 1 is 0.608 bits per heavy atom. The molecule has 7 fully saturated rings. The van der Waals surface area contributed by atoms with E-state index in [0.717, 1.165) is 22.6 Å². The number of likely N-dealkylation sites (N-methyl/N-ethyl adjacent to an activating group) is 6. The molecular weight excluding hydrogens is 1360 g/mol. The van der Waals surface area contributed by atoms with Gasteiger partial charge in [0.1, 0.15) is 53.9 Å². The van der Waals surface area contributed by atoms with Crippen molar-refractivity contribution in [2.24, 2.45) is 41.4 Å². The molecule has 1 spiro atoms. The van der Waals surface area contributed by atoms with Gasteiger partial charge in [0.2, 0.25) is 65.0 Å². The third-order valence-corrected chi connectivity index (χ3v) is 24.3. The Labute approximate surface area is 603 Å². The minimum Gasteiger partial charge on any atom is -0.377 e. The lowest BCUT2D eigenvalue weighted by molar-refractivity contribution is -0.184. The molecule has 0 aromatic rings. The van der Waals surface area contributed by atoms with Gasteiger partial charge in [-0.1, -0.05) is 59.8 Å². The van der Waals surface area contributed by atoms with Crippen LogP contribution in [0.1, 0.15) is 196 Å². The molecule has 7 aliphatic rings. The van der Waals surface area contributed by atoms with Crippen LogP contribution in [0.4, 0.5) is 26.3 Å². The maximum Gasteiger partial charge on any atom is 0.393 e. The molecule has 3 unspecified atom stereocenters. The molecule has 4 saturated carbocycles. The predicted octanol–water partition coefficient (Wildman–Crippen LogP) is 7.44. The van der Waals surface area contributed by atoms with Crippen molar-refractivity contribution in [3.05, 3.63) is 0 Å². The van der Waals surface area contributed by atoms with Gasteiger partial charge in [0.05, 0.1) is 24.5 Å². The summed E-state index contributed by atoms with van der Waals surface area (Å²) < 4.78 is 90.3. The fourth-order valence-electron chi connectivity index (χ4n) is 16.8. The number of halogens is 7. The van der Waals surface area contributed by atoms with Gasteiger partial charge in [-0.2, -0.15) is 26.3 Å². The summed E-state index contributed by atoms with van der Waals surface area (Å²) >= 11 is 6.41. The number of ether oxygens (including phenoxy) is 1. The van der Waals surface area contributed by atoms with E-state index >= 15 is 24.0 Å². The zero-order chi connectivity index (χ0) is 75.8. The van der Waals surface area contributed by atoms with Gasteiger partial charge in [-0.15, -0.1) is 11.6 Å². The van der Waals surface area contributed by atoms with Crippen molar-refractivity contribution < 1.29 is 83.8 Å². The van der Waals surface area contributed by atoms with E-state index in [-0.39, 0.29) is 134 Å². The molecule has 11 amide bonds. The zero-order valence-corrected chi connectivity index (χ0v) is 62.9. The Kier molecular flexibility index (Phi) is 28.9. The first-order valence-electron chi connectivity index (χ1n) is 37.3. The summed E-state index contributed by atoms with van der Waals surface area (Å²) in [5.74, 6) is -12.5. The lowest BCUT2D eigenvalue weighted by Crippen LogP contribution is -2.65. The highest BCUT2D eigenvalue weighted by Crippen LogP contribution is 2.45. The lowest BCUT2D eigenvalue weighted by Gasteiger charge is -2.45. The van der Waals surface area contributed by atoms with Crippen LogP contribution < -0.4 is 16.0 Å². The summed E-state index contributed by atoms with van der Waals surface area (Å²) in [5.41, 5.74) is -1.56. The number of nitrogens with zero attached hydrogens (tertiary/aromatic N) is 8. The Hall–Kier alpha value is -6.00. The summed E-state index contributed by atoms with van der Waals surface area (Å²) in [4.78, 5) is 175. The number of fused-ring (bicyclic) bond motifs is 2. The van der Waals surface area contributed by atoms with Gasteiger partial charge in [-0.05, 0) is 153 Å². The van der Waals surface area contributed by atoms with E-state index in [9.17, 15) is 55.1 Å². The Bertz CT molecular complexity index is 2980. The maximum atomic E-state index is 15.5. The van der Waals surface area contributed by atoms with Gasteiger partial charge in [0, 0.05) is 86.2 Å². The fraction of sp³-hybridized carbons (Fsp3) is 0.847. The summed E-state index contributed by atoms with van der Waals surface area (Å²) in [6.45, 7) is 11.6. The van der Waals surface area contributed by atoms with Gasteiger partial charge >= 0.3 is 12.4 Å². The number of amides is 11. The van der Waals surface area contributed by atoms with Crippen molar-refractivity contribution in [1.29, 1.82) is 0 Å². The first-order valence-corrected chi connectivity index (χ1v) is 37.7. The molecular formula is C72H114ClF6N11O12. The van der Waals surface area contributed by atoms with Gasteiger partial charge in [-0.25, -0.2) is 0 Å². The molecule has 7 rings (SSSR count). The first-order chi connectivity index (χ1) is 47.8. The van der Waals surface area contributed by atoms with E-state index < -0.39 is 185 Å². The predicted molar refractivity (Wildman–Crippen MR) is 368 cm³/mol. The smallest absolute Gasteiger partial charge is 0.377 e. The number of hydrogen-bond donors (Lipinski definition) is 3. The molecule has 0 aromatic heterocycles. The Balaban J connectivity index is 1.28. The molecule has 3 heterocycles. The van der Waals surface area contributed by atoms with Crippen molar-refractivity contribution in [1.82, 2.24) is 55.1 Å². The van der Waals surface area contributed by atoms with Crippen LogP contribution in [0.5, 0.6) is 0 Å².